The van der Waals surface area contributed by atoms with Crippen molar-refractivity contribution in [2.24, 2.45) is 5.92 Å². The zero-order valence-electron chi connectivity index (χ0n) is 35.3. The van der Waals surface area contributed by atoms with Gasteiger partial charge >= 0.3 is 11.9 Å². The van der Waals surface area contributed by atoms with E-state index in [9.17, 15) is 14.7 Å². The molecule has 50 heavy (non-hydrogen) atoms. The quantitative estimate of drug-likeness (QED) is 0.144. The Morgan fingerprint density at radius 2 is 1.38 bits per heavy atom. The van der Waals surface area contributed by atoms with Crippen LogP contribution in [0, 0.1) is 5.92 Å². The summed E-state index contributed by atoms with van der Waals surface area (Å²) in [6.45, 7) is 32.9. The van der Waals surface area contributed by atoms with Crippen molar-refractivity contribution in [1.82, 2.24) is 9.80 Å². The van der Waals surface area contributed by atoms with Crippen molar-refractivity contribution in [3.05, 3.63) is 28.8 Å². The molecule has 1 fully saturated rings. The van der Waals surface area contributed by atoms with Crippen LogP contribution in [0.5, 0.6) is 5.75 Å². The molecule has 0 aromatic heterocycles. The van der Waals surface area contributed by atoms with Crippen molar-refractivity contribution < 1.29 is 24.2 Å². The predicted molar refractivity (Wildman–Crippen MR) is 208 cm³/mol. The fraction of sp³-hybridized carbons (Fsp3) is 0.814. The second kappa shape index (κ2) is 16.7. The highest BCUT2D eigenvalue weighted by molar-refractivity contribution is 5.96. The largest absolute Gasteiger partial charge is 0.507 e. The molecule has 0 aliphatic carbocycles. The molecule has 0 bridgehead atoms. The van der Waals surface area contributed by atoms with Crippen molar-refractivity contribution >= 4 is 11.9 Å². The zero-order valence-corrected chi connectivity index (χ0v) is 35.3. The van der Waals surface area contributed by atoms with Gasteiger partial charge in [-0.3, -0.25) is 14.5 Å². The minimum Gasteiger partial charge on any atom is -0.507 e. The van der Waals surface area contributed by atoms with Crippen molar-refractivity contribution in [1.29, 1.82) is 0 Å². The molecule has 0 amide bonds. The first kappa shape index (κ1) is 44.0. The summed E-state index contributed by atoms with van der Waals surface area (Å²) in [5.74, 6) is -2.33. The van der Waals surface area contributed by atoms with Gasteiger partial charge in [0.05, 0.1) is 0 Å². The summed E-state index contributed by atoms with van der Waals surface area (Å²) in [6.07, 6.45) is 5.30. The molecule has 7 heteroatoms. The maximum atomic E-state index is 14.8. The lowest BCUT2D eigenvalue weighted by Crippen LogP contribution is -2.60. The van der Waals surface area contributed by atoms with E-state index in [1.54, 1.807) is 0 Å². The van der Waals surface area contributed by atoms with E-state index in [1.807, 2.05) is 12.1 Å². The van der Waals surface area contributed by atoms with Crippen LogP contribution in [0.4, 0.5) is 0 Å². The molecule has 3 unspecified atom stereocenters. The highest BCUT2D eigenvalue weighted by Crippen LogP contribution is 2.45. The maximum absolute atomic E-state index is 14.8. The van der Waals surface area contributed by atoms with Crippen LogP contribution in [0.15, 0.2) is 12.1 Å². The summed E-state index contributed by atoms with van der Waals surface area (Å²) in [4.78, 5) is 34.2. The van der Waals surface area contributed by atoms with Crippen LogP contribution in [0.25, 0.3) is 0 Å². The molecule has 1 heterocycles. The first-order valence-corrected chi connectivity index (χ1v) is 19.5. The van der Waals surface area contributed by atoms with Gasteiger partial charge in [-0.15, -0.1) is 0 Å². The van der Waals surface area contributed by atoms with Crippen LogP contribution in [0.2, 0.25) is 0 Å². The summed E-state index contributed by atoms with van der Waals surface area (Å²) >= 11 is 0. The van der Waals surface area contributed by atoms with Crippen LogP contribution in [-0.2, 0) is 29.9 Å². The number of nitrogens with zero attached hydrogens (tertiary/aromatic N) is 2. The minimum absolute atomic E-state index is 0.187. The topological polar surface area (TPSA) is 79.3 Å². The highest BCUT2D eigenvalue weighted by Gasteiger charge is 2.47. The van der Waals surface area contributed by atoms with Crippen LogP contribution >= 0.6 is 0 Å². The molecule has 1 N–H and O–H groups in total. The number of rotatable bonds is 15. The van der Waals surface area contributed by atoms with Crippen molar-refractivity contribution in [3.63, 3.8) is 0 Å². The number of phenolic OH excluding ortho intramolecular Hbond substituents is 1. The average molecular weight is 701 g/mol. The third-order valence-corrected chi connectivity index (χ3v) is 11.6. The summed E-state index contributed by atoms with van der Waals surface area (Å²) < 4.78 is 12.9. The van der Waals surface area contributed by atoms with Crippen molar-refractivity contribution in [3.8, 4) is 5.75 Å². The molecule has 1 aromatic carbocycles. The molecule has 0 radical (unpaired) electrons. The van der Waals surface area contributed by atoms with Gasteiger partial charge in [0.1, 0.15) is 18.0 Å². The standard InChI is InChI=1S/C43H76N2O5/c1-18-21-23-32(29-24-33(39(4,5)6)36(46)34(25-29)40(7,8)9)35(37(47)49-30(22-19-2)26-41(10,11)44(16)20-3)38(48)50-31-27-42(12,13)45(17)43(14,15)28-31/h24-25,30-32,35,46H,18-23,26-28H2,1-17H3. The SMILES string of the molecule is CCCCC(c1cc(C(C)(C)C)c(O)c(C(C)(C)C)c1)C(C(=O)OC(CCC)CC(C)(C)N(C)CC)C(=O)OC1CC(C)(C)N(C)C(C)(C)C1. The van der Waals surface area contributed by atoms with Gasteiger partial charge in [0.15, 0.2) is 5.92 Å². The maximum Gasteiger partial charge on any atom is 0.321 e. The lowest BCUT2D eigenvalue weighted by atomic mass is 9.74. The van der Waals surface area contributed by atoms with Crippen LogP contribution in [0.3, 0.4) is 0 Å². The first-order valence-electron chi connectivity index (χ1n) is 19.5. The third-order valence-electron chi connectivity index (χ3n) is 11.6. The highest BCUT2D eigenvalue weighted by atomic mass is 16.6. The first-order chi connectivity index (χ1) is 22.7. The molecule has 7 nitrogen and oxygen atoms in total. The number of piperidine rings is 1. The second-order valence-corrected chi connectivity index (χ2v) is 19.2. The predicted octanol–water partition coefficient (Wildman–Crippen LogP) is 9.90. The molecule has 3 atom stereocenters. The number of ether oxygens (including phenoxy) is 2. The number of benzene rings is 1. The Morgan fingerprint density at radius 1 is 0.880 bits per heavy atom. The van der Waals surface area contributed by atoms with E-state index in [1.165, 1.54) is 0 Å². The van der Waals surface area contributed by atoms with Gasteiger partial charge in [-0.2, -0.15) is 0 Å². The van der Waals surface area contributed by atoms with Gasteiger partial charge in [-0.1, -0.05) is 93.7 Å². The van der Waals surface area contributed by atoms with Gasteiger partial charge in [0, 0.05) is 41.8 Å². The van der Waals surface area contributed by atoms with E-state index in [2.05, 4.69) is 128 Å². The van der Waals surface area contributed by atoms with Crippen molar-refractivity contribution in [2.75, 3.05) is 20.6 Å². The number of hydrogen-bond donors (Lipinski definition) is 1. The molecule has 1 aliphatic rings. The molecule has 1 saturated heterocycles. The Bertz CT molecular complexity index is 1230. The van der Waals surface area contributed by atoms with E-state index >= 15 is 0 Å². The smallest absolute Gasteiger partial charge is 0.321 e. The third kappa shape index (κ3) is 10.9. The normalized spacial score (nSPS) is 19.2. The monoisotopic (exact) mass is 701 g/mol. The lowest BCUT2D eigenvalue weighted by Gasteiger charge is -2.53. The lowest BCUT2D eigenvalue weighted by molar-refractivity contribution is -0.175. The summed E-state index contributed by atoms with van der Waals surface area (Å²) in [7, 11) is 4.23. The van der Waals surface area contributed by atoms with Gasteiger partial charge in [0.25, 0.3) is 0 Å². The fourth-order valence-corrected chi connectivity index (χ4v) is 7.89. The molecular formula is C43H76N2O5. The molecule has 2 rings (SSSR count). The van der Waals surface area contributed by atoms with Gasteiger partial charge in [-0.25, -0.2) is 0 Å². The Hall–Kier alpha value is -2.12. The Labute approximate surface area is 307 Å². The van der Waals surface area contributed by atoms with E-state index in [0.717, 1.165) is 42.5 Å². The second-order valence-electron chi connectivity index (χ2n) is 19.2. The number of unbranched alkanes of at least 4 members (excludes halogenated alkanes) is 1. The molecule has 1 aromatic rings. The Balaban J connectivity index is 2.79. The Kier molecular flexibility index (Phi) is 14.7. The van der Waals surface area contributed by atoms with Gasteiger partial charge in [-0.05, 0) is 103 Å². The summed E-state index contributed by atoms with van der Waals surface area (Å²) in [5, 5.41) is 11.6. The number of aromatic hydroxyl groups is 1. The van der Waals surface area contributed by atoms with Crippen LogP contribution < -0.4 is 0 Å². The number of likely N-dealkylation sites (tertiary alicyclic amines) is 1. The summed E-state index contributed by atoms with van der Waals surface area (Å²) in [5.41, 5.74) is 1.22. The number of hydrogen-bond acceptors (Lipinski definition) is 7. The summed E-state index contributed by atoms with van der Waals surface area (Å²) in [6, 6.07) is 4.06. The van der Waals surface area contributed by atoms with E-state index in [4.69, 9.17) is 9.47 Å². The van der Waals surface area contributed by atoms with E-state index in [0.29, 0.717) is 32.1 Å². The number of phenols is 1. The minimum atomic E-state index is -1.14. The molecule has 1 aliphatic heterocycles. The number of esters is 2. The van der Waals surface area contributed by atoms with Crippen LogP contribution in [-0.4, -0.2) is 76.3 Å². The molecule has 288 valence electrons. The number of carbonyl (C=O) groups is 2. The van der Waals surface area contributed by atoms with Crippen LogP contribution in [0.1, 0.15) is 178 Å². The van der Waals surface area contributed by atoms with Crippen molar-refractivity contribution in [2.45, 2.75) is 201 Å². The molecule has 0 saturated carbocycles. The fourth-order valence-electron chi connectivity index (χ4n) is 7.89. The zero-order chi connectivity index (χ0) is 38.6. The Morgan fingerprint density at radius 3 is 1.80 bits per heavy atom. The molecule has 0 spiro atoms. The van der Waals surface area contributed by atoms with Gasteiger partial charge < -0.3 is 19.5 Å². The average Bonchev–Trinajstić information content (AvgIpc) is 2.95. The van der Waals surface area contributed by atoms with Gasteiger partial charge in [0.2, 0.25) is 0 Å². The molecular weight excluding hydrogens is 624 g/mol. The number of carbonyl (C=O) groups excluding carboxylic acids is 2. The van der Waals surface area contributed by atoms with E-state index in [-0.39, 0.29) is 45.4 Å². The van der Waals surface area contributed by atoms with E-state index < -0.39 is 23.8 Å².